The number of hydrogen-bond acceptors (Lipinski definition) is 4. The third-order valence-electron chi connectivity index (χ3n) is 5.53. The first kappa shape index (κ1) is 20.2. The summed E-state index contributed by atoms with van der Waals surface area (Å²) in [4.78, 5) is 36.7. The van der Waals surface area contributed by atoms with Crippen molar-refractivity contribution in [2.24, 2.45) is 0 Å². The zero-order chi connectivity index (χ0) is 20.4. The summed E-state index contributed by atoms with van der Waals surface area (Å²) in [5, 5.41) is 1.45. The number of likely N-dealkylation sites (tertiary alicyclic amines) is 1. The van der Waals surface area contributed by atoms with Crippen molar-refractivity contribution in [1.82, 2.24) is 19.7 Å². The largest absolute Gasteiger partial charge is 0.334 e. The third kappa shape index (κ3) is 4.41. The van der Waals surface area contributed by atoms with Crippen LogP contribution >= 0.6 is 22.9 Å². The Morgan fingerprint density at radius 3 is 2.31 bits per heavy atom. The summed E-state index contributed by atoms with van der Waals surface area (Å²) >= 11 is 7.49. The fourth-order valence-electron chi connectivity index (χ4n) is 3.87. The van der Waals surface area contributed by atoms with Gasteiger partial charge in [0, 0.05) is 49.9 Å². The summed E-state index contributed by atoms with van der Waals surface area (Å²) in [6.45, 7) is 5.85. The highest BCUT2D eigenvalue weighted by atomic mass is 35.5. The molecule has 2 aromatic rings. The third-order valence-corrected chi connectivity index (χ3v) is 6.96. The molecule has 6 nitrogen and oxygen atoms in total. The first-order valence-electron chi connectivity index (χ1n) is 10.1. The van der Waals surface area contributed by atoms with Gasteiger partial charge in [-0.1, -0.05) is 23.7 Å². The number of urea groups is 1. The lowest BCUT2D eigenvalue weighted by Gasteiger charge is -2.38. The molecule has 2 fully saturated rings. The molecule has 0 atom stereocenters. The quantitative estimate of drug-likeness (QED) is 0.716. The van der Waals surface area contributed by atoms with Crippen molar-refractivity contribution in [3.05, 3.63) is 39.9 Å². The molecule has 154 valence electrons. The fraction of sp³-hybridized carbons (Fsp3) is 0.476. The highest BCUT2D eigenvalue weighted by Crippen LogP contribution is 2.30. The van der Waals surface area contributed by atoms with Crippen LogP contribution in [-0.4, -0.2) is 70.9 Å². The van der Waals surface area contributed by atoms with E-state index in [0.717, 1.165) is 42.2 Å². The molecule has 4 rings (SSSR count). The second kappa shape index (κ2) is 8.71. The van der Waals surface area contributed by atoms with E-state index in [1.807, 2.05) is 45.9 Å². The van der Waals surface area contributed by atoms with E-state index in [1.54, 1.807) is 0 Å². The maximum Gasteiger partial charge on any atom is 0.320 e. The molecule has 0 radical (unpaired) electrons. The van der Waals surface area contributed by atoms with Gasteiger partial charge in [-0.2, -0.15) is 0 Å². The normalized spacial score (nSPS) is 17.5. The molecule has 3 heterocycles. The van der Waals surface area contributed by atoms with Gasteiger partial charge in [0.2, 0.25) is 0 Å². The molecule has 2 aliphatic rings. The first-order chi connectivity index (χ1) is 14.0. The topological polar surface area (TPSA) is 56.8 Å². The summed E-state index contributed by atoms with van der Waals surface area (Å²) in [6.07, 6.45) is 3.38. The molecule has 2 saturated heterocycles. The van der Waals surface area contributed by atoms with Gasteiger partial charge in [0.15, 0.2) is 0 Å². The molecule has 0 unspecified atom stereocenters. The number of thiazole rings is 1. The van der Waals surface area contributed by atoms with Crippen LogP contribution in [0.25, 0.3) is 10.6 Å². The lowest BCUT2D eigenvalue weighted by atomic mass is 10.1. The number of piperidine rings is 1. The summed E-state index contributed by atoms with van der Waals surface area (Å²) < 4.78 is 0. The number of aromatic nitrogens is 1. The monoisotopic (exact) mass is 432 g/mol. The zero-order valence-corrected chi connectivity index (χ0v) is 18.1. The van der Waals surface area contributed by atoms with Crippen LogP contribution < -0.4 is 0 Å². The van der Waals surface area contributed by atoms with Crippen molar-refractivity contribution < 1.29 is 9.59 Å². The smallest absolute Gasteiger partial charge is 0.320 e. The molecular formula is C21H25ClN4O2S. The molecular weight excluding hydrogens is 408 g/mol. The van der Waals surface area contributed by atoms with Gasteiger partial charge >= 0.3 is 6.03 Å². The maximum absolute atomic E-state index is 13.1. The number of benzene rings is 1. The Kier molecular flexibility index (Phi) is 6.06. The van der Waals surface area contributed by atoms with Gasteiger partial charge in [-0.25, -0.2) is 9.78 Å². The van der Waals surface area contributed by atoms with Gasteiger partial charge in [-0.05, 0) is 38.3 Å². The Labute approximate surface area is 180 Å². The fourth-order valence-corrected chi connectivity index (χ4v) is 5.09. The van der Waals surface area contributed by atoms with Crippen molar-refractivity contribution in [3.8, 4) is 10.6 Å². The van der Waals surface area contributed by atoms with E-state index in [2.05, 4.69) is 4.98 Å². The van der Waals surface area contributed by atoms with Crippen LogP contribution in [0.15, 0.2) is 24.3 Å². The van der Waals surface area contributed by atoms with E-state index in [9.17, 15) is 9.59 Å². The number of rotatable bonds is 2. The number of halogens is 1. The molecule has 0 N–H and O–H groups in total. The van der Waals surface area contributed by atoms with Crippen LogP contribution in [0.5, 0.6) is 0 Å². The minimum absolute atomic E-state index is 0.00153. The van der Waals surface area contributed by atoms with Crippen molar-refractivity contribution in [2.75, 3.05) is 39.3 Å². The maximum atomic E-state index is 13.1. The number of carbonyl (C=O) groups excluding carboxylic acids is 2. The number of aryl methyl sites for hydroxylation is 1. The van der Waals surface area contributed by atoms with Gasteiger partial charge in [0.1, 0.15) is 9.88 Å². The minimum atomic E-state index is -0.00153. The van der Waals surface area contributed by atoms with Crippen molar-refractivity contribution in [3.63, 3.8) is 0 Å². The molecule has 0 bridgehead atoms. The summed E-state index contributed by atoms with van der Waals surface area (Å²) in [5.74, 6) is -0.00153. The molecule has 3 amide bonds. The Morgan fingerprint density at radius 2 is 1.62 bits per heavy atom. The second-order valence-corrected chi connectivity index (χ2v) is 8.99. The first-order valence-corrected chi connectivity index (χ1v) is 11.3. The minimum Gasteiger partial charge on any atom is -0.334 e. The molecule has 8 heteroatoms. The van der Waals surface area contributed by atoms with E-state index < -0.39 is 0 Å². The highest BCUT2D eigenvalue weighted by Gasteiger charge is 2.29. The van der Waals surface area contributed by atoms with Crippen LogP contribution in [-0.2, 0) is 0 Å². The number of amides is 3. The Hall–Kier alpha value is -2.12. The standard InChI is InChI=1S/C21H25ClN4O2S/c1-15-18(29-19(23-15)16-6-5-7-17(22)14-16)20(27)24-10-12-26(13-11-24)21(28)25-8-3-2-4-9-25/h5-7,14H,2-4,8-13H2,1H3. The van der Waals surface area contributed by atoms with E-state index in [-0.39, 0.29) is 11.9 Å². The second-order valence-electron chi connectivity index (χ2n) is 7.55. The molecule has 0 spiro atoms. The van der Waals surface area contributed by atoms with Crippen molar-refractivity contribution in [1.29, 1.82) is 0 Å². The van der Waals surface area contributed by atoms with Crippen LogP contribution in [0.1, 0.15) is 34.6 Å². The predicted octanol–water partition coefficient (Wildman–Crippen LogP) is 4.14. The molecule has 2 aliphatic heterocycles. The van der Waals surface area contributed by atoms with Gasteiger partial charge in [0.05, 0.1) is 5.69 Å². The van der Waals surface area contributed by atoms with Crippen LogP contribution in [0, 0.1) is 6.92 Å². The van der Waals surface area contributed by atoms with E-state index in [1.165, 1.54) is 17.8 Å². The number of nitrogens with zero attached hydrogens (tertiary/aromatic N) is 4. The number of carbonyl (C=O) groups is 2. The Bertz CT molecular complexity index is 902. The van der Waals surface area contributed by atoms with E-state index in [0.29, 0.717) is 36.1 Å². The molecule has 29 heavy (non-hydrogen) atoms. The average molecular weight is 433 g/mol. The number of hydrogen-bond donors (Lipinski definition) is 0. The molecule has 1 aromatic carbocycles. The Balaban J connectivity index is 1.40. The Morgan fingerprint density at radius 1 is 0.966 bits per heavy atom. The summed E-state index contributed by atoms with van der Waals surface area (Å²) in [6, 6.07) is 7.63. The van der Waals surface area contributed by atoms with Gasteiger partial charge in [-0.3, -0.25) is 4.79 Å². The SMILES string of the molecule is Cc1nc(-c2cccc(Cl)c2)sc1C(=O)N1CCN(C(=O)N2CCCCC2)CC1. The van der Waals surface area contributed by atoms with Crippen molar-refractivity contribution in [2.45, 2.75) is 26.2 Å². The predicted molar refractivity (Wildman–Crippen MR) is 116 cm³/mol. The van der Waals surface area contributed by atoms with E-state index >= 15 is 0 Å². The van der Waals surface area contributed by atoms with Crippen LogP contribution in [0.2, 0.25) is 5.02 Å². The van der Waals surface area contributed by atoms with E-state index in [4.69, 9.17) is 11.6 Å². The lowest BCUT2D eigenvalue weighted by molar-refractivity contribution is 0.0636. The molecule has 1 aromatic heterocycles. The average Bonchev–Trinajstić information content (AvgIpc) is 3.15. The van der Waals surface area contributed by atoms with Crippen LogP contribution in [0.4, 0.5) is 4.79 Å². The summed E-state index contributed by atoms with van der Waals surface area (Å²) in [7, 11) is 0. The summed E-state index contributed by atoms with van der Waals surface area (Å²) in [5.41, 5.74) is 1.66. The highest BCUT2D eigenvalue weighted by molar-refractivity contribution is 7.17. The zero-order valence-electron chi connectivity index (χ0n) is 16.6. The molecule has 0 aliphatic carbocycles. The van der Waals surface area contributed by atoms with Gasteiger partial charge in [-0.15, -0.1) is 11.3 Å². The van der Waals surface area contributed by atoms with Crippen LogP contribution in [0.3, 0.4) is 0 Å². The van der Waals surface area contributed by atoms with Crippen molar-refractivity contribution >= 4 is 34.9 Å². The lowest BCUT2D eigenvalue weighted by Crippen LogP contribution is -2.54. The van der Waals surface area contributed by atoms with Gasteiger partial charge < -0.3 is 14.7 Å². The number of piperazine rings is 1. The molecule has 0 saturated carbocycles. The van der Waals surface area contributed by atoms with Gasteiger partial charge in [0.25, 0.3) is 5.91 Å².